The zero-order valence-corrected chi connectivity index (χ0v) is 19.9. The van der Waals surface area contributed by atoms with Crippen molar-refractivity contribution in [3.05, 3.63) is 23.3 Å². The minimum Gasteiger partial charge on any atom is -0.393 e. The lowest BCUT2D eigenvalue weighted by atomic mass is 9.70. The first kappa shape index (κ1) is 25.2. The minimum absolute atomic E-state index is 0.395. The molecule has 2 rings (SSSR count). The summed E-state index contributed by atoms with van der Waals surface area (Å²) in [7, 11) is 0. The van der Waals surface area contributed by atoms with Crippen LogP contribution in [-0.4, -0.2) is 33.1 Å². The van der Waals surface area contributed by atoms with E-state index in [-0.39, 0.29) is 0 Å². The third-order valence-corrected chi connectivity index (χ3v) is 7.13. The Kier molecular flexibility index (Phi) is 9.22. The van der Waals surface area contributed by atoms with Gasteiger partial charge in [0, 0.05) is 6.42 Å². The number of hydrogen-bond acceptors (Lipinski definition) is 3. The molecule has 170 valence electrons. The summed E-state index contributed by atoms with van der Waals surface area (Å²) >= 11 is 0. The standard InChI is InChI=1S/C27H44O3/c1-20(12-13-22-17-23(28)19-24(29)18-22)9-6-15-27(5)16-8-11-25(27)21(2)10-7-14-26(3,4)30/h12-13,21,23-25,28-30H,6,8-11,15-19H2,1-5H3/b20-12-,22-13?/t21?,23-,24?,25?,27+/m1/s1. The van der Waals surface area contributed by atoms with E-state index < -0.39 is 17.8 Å². The van der Waals surface area contributed by atoms with Gasteiger partial charge in [-0.05, 0) is 89.4 Å². The van der Waals surface area contributed by atoms with Gasteiger partial charge in [-0.3, -0.25) is 0 Å². The fraction of sp³-hybridized carbons (Fsp3) is 0.778. The van der Waals surface area contributed by atoms with Crippen LogP contribution in [0.3, 0.4) is 0 Å². The predicted octanol–water partition coefficient (Wildman–Crippen LogP) is 5.54. The van der Waals surface area contributed by atoms with Gasteiger partial charge in [0.25, 0.3) is 0 Å². The molecular formula is C27H44O3. The predicted molar refractivity (Wildman–Crippen MR) is 125 cm³/mol. The van der Waals surface area contributed by atoms with E-state index in [1.807, 2.05) is 0 Å². The lowest BCUT2D eigenvalue weighted by molar-refractivity contribution is 0.0609. The second-order valence-electron chi connectivity index (χ2n) is 10.8. The molecule has 3 nitrogen and oxygen atoms in total. The average molecular weight is 417 g/mol. The Morgan fingerprint density at radius 2 is 1.93 bits per heavy atom. The van der Waals surface area contributed by atoms with E-state index in [0.717, 1.165) is 18.4 Å². The second-order valence-corrected chi connectivity index (χ2v) is 10.8. The van der Waals surface area contributed by atoms with Gasteiger partial charge < -0.3 is 15.3 Å². The van der Waals surface area contributed by atoms with Crippen molar-refractivity contribution in [3.63, 3.8) is 0 Å². The molecule has 2 fully saturated rings. The largest absolute Gasteiger partial charge is 0.393 e. The SMILES string of the molecule is C/C(=C/C=C1CC(O)C[C@H](O)C1)CCC[C@@]1(C)CCCC1C(C)CC#CC(C)(C)O. The number of rotatable bonds is 7. The molecule has 0 bridgehead atoms. The fourth-order valence-corrected chi connectivity index (χ4v) is 5.53. The van der Waals surface area contributed by atoms with Crippen LogP contribution in [0.25, 0.3) is 0 Å². The average Bonchev–Trinajstić information content (AvgIpc) is 3.00. The third-order valence-electron chi connectivity index (χ3n) is 7.13. The van der Waals surface area contributed by atoms with Gasteiger partial charge in [0.1, 0.15) is 5.60 Å². The van der Waals surface area contributed by atoms with E-state index >= 15 is 0 Å². The molecule has 3 unspecified atom stereocenters. The normalized spacial score (nSPS) is 32.7. The minimum atomic E-state index is -0.897. The Morgan fingerprint density at radius 3 is 2.57 bits per heavy atom. The molecule has 5 atom stereocenters. The van der Waals surface area contributed by atoms with E-state index in [4.69, 9.17) is 0 Å². The van der Waals surface area contributed by atoms with E-state index in [1.54, 1.807) is 13.8 Å². The van der Waals surface area contributed by atoms with Crippen molar-refractivity contribution in [2.45, 2.75) is 117 Å². The van der Waals surface area contributed by atoms with Gasteiger partial charge in [-0.25, -0.2) is 0 Å². The van der Waals surface area contributed by atoms with Crippen LogP contribution < -0.4 is 0 Å². The maximum absolute atomic E-state index is 9.83. The fourth-order valence-electron chi connectivity index (χ4n) is 5.53. The van der Waals surface area contributed by atoms with Crippen molar-refractivity contribution < 1.29 is 15.3 Å². The number of hydrogen-bond donors (Lipinski definition) is 3. The van der Waals surface area contributed by atoms with Crippen LogP contribution >= 0.6 is 0 Å². The molecule has 3 heteroatoms. The van der Waals surface area contributed by atoms with Crippen molar-refractivity contribution in [1.82, 2.24) is 0 Å². The van der Waals surface area contributed by atoms with E-state index in [0.29, 0.717) is 36.5 Å². The summed E-state index contributed by atoms with van der Waals surface area (Å²) in [5, 5.41) is 29.5. The van der Waals surface area contributed by atoms with Crippen molar-refractivity contribution in [2.75, 3.05) is 0 Å². The maximum Gasteiger partial charge on any atom is 0.119 e. The lowest BCUT2D eigenvalue weighted by Crippen LogP contribution is -2.27. The van der Waals surface area contributed by atoms with Crippen LogP contribution in [0.1, 0.15) is 98.8 Å². The monoisotopic (exact) mass is 416 g/mol. The molecule has 0 spiro atoms. The first-order chi connectivity index (χ1) is 14.0. The van der Waals surface area contributed by atoms with E-state index in [9.17, 15) is 15.3 Å². The van der Waals surface area contributed by atoms with E-state index in [1.165, 1.54) is 37.7 Å². The van der Waals surface area contributed by atoms with Gasteiger partial charge in [-0.1, -0.05) is 49.5 Å². The first-order valence-electron chi connectivity index (χ1n) is 11.9. The van der Waals surface area contributed by atoms with E-state index in [2.05, 4.69) is 44.8 Å². The van der Waals surface area contributed by atoms with Crippen LogP contribution in [0.15, 0.2) is 23.3 Å². The van der Waals surface area contributed by atoms with Crippen LogP contribution in [0.5, 0.6) is 0 Å². The molecule has 0 amide bonds. The van der Waals surface area contributed by atoms with Gasteiger partial charge in [-0.15, -0.1) is 5.92 Å². The molecule has 0 aromatic carbocycles. The molecule has 0 aromatic rings. The quantitative estimate of drug-likeness (QED) is 0.477. The van der Waals surface area contributed by atoms with Gasteiger partial charge in [0.05, 0.1) is 12.2 Å². The highest BCUT2D eigenvalue weighted by atomic mass is 16.3. The summed E-state index contributed by atoms with van der Waals surface area (Å²) in [5.41, 5.74) is 2.03. The Balaban J connectivity index is 1.85. The van der Waals surface area contributed by atoms with Gasteiger partial charge in [0.2, 0.25) is 0 Å². The van der Waals surface area contributed by atoms with Gasteiger partial charge in [-0.2, -0.15) is 0 Å². The highest BCUT2D eigenvalue weighted by Crippen LogP contribution is 2.50. The summed E-state index contributed by atoms with van der Waals surface area (Å²) < 4.78 is 0. The summed E-state index contributed by atoms with van der Waals surface area (Å²) in [4.78, 5) is 0. The summed E-state index contributed by atoms with van der Waals surface area (Å²) in [6.45, 7) is 10.5. The molecule has 3 N–H and O–H groups in total. The summed E-state index contributed by atoms with van der Waals surface area (Å²) in [5.74, 6) is 7.47. The molecule has 0 aliphatic heterocycles. The molecule has 30 heavy (non-hydrogen) atoms. The zero-order chi connectivity index (χ0) is 22.4. The topological polar surface area (TPSA) is 60.7 Å². The molecule has 2 aliphatic carbocycles. The molecule has 0 saturated heterocycles. The van der Waals surface area contributed by atoms with Gasteiger partial charge >= 0.3 is 0 Å². The summed E-state index contributed by atoms with van der Waals surface area (Å²) in [6, 6.07) is 0. The van der Waals surface area contributed by atoms with Crippen molar-refractivity contribution in [1.29, 1.82) is 0 Å². The highest BCUT2D eigenvalue weighted by Gasteiger charge is 2.40. The highest BCUT2D eigenvalue weighted by molar-refractivity contribution is 5.19. The summed E-state index contributed by atoms with van der Waals surface area (Å²) in [6.07, 6.45) is 13.7. The molecule has 2 aliphatic rings. The van der Waals surface area contributed by atoms with Crippen molar-refractivity contribution in [2.24, 2.45) is 17.3 Å². The van der Waals surface area contributed by atoms with Crippen molar-refractivity contribution >= 4 is 0 Å². The van der Waals surface area contributed by atoms with Crippen molar-refractivity contribution in [3.8, 4) is 11.8 Å². The molecule has 0 aromatic heterocycles. The maximum atomic E-state index is 9.83. The van der Waals surface area contributed by atoms with Crippen LogP contribution in [0, 0.1) is 29.1 Å². The number of allylic oxidation sites excluding steroid dienone is 3. The number of aliphatic hydroxyl groups excluding tert-OH is 2. The first-order valence-corrected chi connectivity index (χ1v) is 11.9. The Bertz CT molecular complexity index is 660. The van der Waals surface area contributed by atoms with Gasteiger partial charge in [0.15, 0.2) is 0 Å². The lowest BCUT2D eigenvalue weighted by Gasteiger charge is -2.35. The molecular weight excluding hydrogens is 372 g/mol. The number of aliphatic hydroxyl groups is 3. The molecule has 0 radical (unpaired) electrons. The Hall–Kier alpha value is -1.08. The third kappa shape index (κ3) is 8.22. The molecule has 0 heterocycles. The second kappa shape index (κ2) is 11.0. The Labute approximate surface area is 184 Å². The molecule has 2 saturated carbocycles. The smallest absolute Gasteiger partial charge is 0.119 e. The van der Waals surface area contributed by atoms with Crippen LogP contribution in [0.2, 0.25) is 0 Å². The Morgan fingerprint density at radius 1 is 1.27 bits per heavy atom. The van der Waals surface area contributed by atoms with Crippen LogP contribution in [0.4, 0.5) is 0 Å². The zero-order valence-electron chi connectivity index (χ0n) is 19.9. The van der Waals surface area contributed by atoms with Crippen LogP contribution in [-0.2, 0) is 0 Å².